The second-order valence-electron chi connectivity index (χ2n) is 5.62. The van der Waals surface area contributed by atoms with Crippen molar-refractivity contribution in [2.75, 3.05) is 18.0 Å². The zero-order valence-corrected chi connectivity index (χ0v) is 11.3. The van der Waals surface area contributed by atoms with Gasteiger partial charge in [-0.25, -0.2) is 14.4 Å². The zero-order chi connectivity index (χ0) is 14.3. The molecule has 1 saturated heterocycles. The minimum atomic E-state index is -0.300. The van der Waals surface area contributed by atoms with Gasteiger partial charge in [0.1, 0.15) is 5.82 Å². The van der Waals surface area contributed by atoms with E-state index >= 15 is 0 Å². The maximum atomic E-state index is 13.3. The van der Waals surface area contributed by atoms with E-state index in [2.05, 4.69) is 31.7 Å². The number of rotatable bonds is 1. The van der Waals surface area contributed by atoms with Gasteiger partial charge in [-0.1, -0.05) is 5.92 Å². The highest BCUT2D eigenvalue weighted by Gasteiger charge is 2.59. The van der Waals surface area contributed by atoms with Gasteiger partial charge in [0.25, 0.3) is 0 Å². The van der Waals surface area contributed by atoms with Crippen molar-refractivity contribution in [3.63, 3.8) is 0 Å². The molecule has 0 amide bonds. The molecule has 5 heteroatoms. The van der Waals surface area contributed by atoms with Crippen molar-refractivity contribution in [3.05, 3.63) is 48.6 Å². The van der Waals surface area contributed by atoms with Gasteiger partial charge in [-0.2, -0.15) is 0 Å². The molecule has 0 radical (unpaired) electrons. The van der Waals surface area contributed by atoms with E-state index in [0.717, 1.165) is 25.2 Å². The number of piperidine rings is 1. The Morgan fingerprint density at radius 1 is 1.29 bits per heavy atom. The van der Waals surface area contributed by atoms with Gasteiger partial charge in [0, 0.05) is 31.5 Å². The Balaban J connectivity index is 1.53. The second-order valence-corrected chi connectivity index (χ2v) is 5.62. The summed E-state index contributed by atoms with van der Waals surface area (Å²) in [5.41, 5.74) is 0.852. The molecule has 0 aromatic carbocycles. The van der Waals surface area contributed by atoms with Gasteiger partial charge in [0.15, 0.2) is 0 Å². The summed E-state index contributed by atoms with van der Waals surface area (Å²) in [5, 5.41) is 0. The molecular formula is C16H13FN4. The van der Waals surface area contributed by atoms with E-state index in [1.54, 1.807) is 24.7 Å². The maximum absolute atomic E-state index is 13.3. The summed E-state index contributed by atoms with van der Waals surface area (Å²) in [6.07, 6.45) is 7.42. The molecule has 2 atom stereocenters. The summed E-state index contributed by atoms with van der Waals surface area (Å²) in [6, 6.07) is 3.30. The smallest absolute Gasteiger partial charge is 0.204 e. The average Bonchev–Trinajstić information content (AvgIpc) is 3.07. The predicted octanol–water partition coefficient (Wildman–Crippen LogP) is 1.89. The SMILES string of the molecule is Fc1cncc(N2CC3CC3(C#Cc3ncccn3)C2)c1. The molecule has 0 spiro atoms. The van der Waals surface area contributed by atoms with Gasteiger partial charge in [-0.05, 0) is 24.3 Å². The minimum Gasteiger partial charge on any atom is -0.368 e. The van der Waals surface area contributed by atoms with Crippen LogP contribution in [0.15, 0.2) is 36.9 Å². The van der Waals surface area contributed by atoms with Crippen molar-refractivity contribution in [3.8, 4) is 11.8 Å². The molecular weight excluding hydrogens is 267 g/mol. The topological polar surface area (TPSA) is 41.9 Å². The van der Waals surface area contributed by atoms with E-state index in [-0.39, 0.29) is 11.2 Å². The molecule has 21 heavy (non-hydrogen) atoms. The van der Waals surface area contributed by atoms with Crippen LogP contribution in [-0.2, 0) is 0 Å². The molecule has 4 nitrogen and oxygen atoms in total. The fourth-order valence-electron chi connectivity index (χ4n) is 2.99. The Hall–Kier alpha value is -2.48. The van der Waals surface area contributed by atoms with Crippen LogP contribution >= 0.6 is 0 Å². The molecule has 0 bridgehead atoms. The molecule has 1 saturated carbocycles. The molecule has 2 fully saturated rings. The van der Waals surface area contributed by atoms with Crippen LogP contribution in [0.3, 0.4) is 0 Å². The van der Waals surface area contributed by atoms with E-state index in [9.17, 15) is 4.39 Å². The third kappa shape index (κ3) is 2.23. The van der Waals surface area contributed by atoms with Crippen molar-refractivity contribution in [2.45, 2.75) is 6.42 Å². The molecule has 3 heterocycles. The van der Waals surface area contributed by atoms with E-state index in [4.69, 9.17) is 0 Å². The number of aromatic nitrogens is 3. The van der Waals surface area contributed by atoms with Crippen molar-refractivity contribution >= 4 is 5.69 Å². The molecule has 2 aromatic heterocycles. The average molecular weight is 280 g/mol. The standard InChI is InChI=1S/C16H13FN4/c17-13-6-14(9-18-8-13)21-10-12-7-16(12,11-21)3-2-15-19-4-1-5-20-15/h1,4-6,8-9,12H,7,10-11H2. The van der Waals surface area contributed by atoms with Crippen LogP contribution in [0.2, 0.25) is 0 Å². The molecule has 2 aliphatic rings. The normalized spacial score (nSPS) is 26.0. The number of halogens is 1. The van der Waals surface area contributed by atoms with Gasteiger partial charge in [0.2, 0.25) is 5.82 Å². The van der Waals surface area contributed by atoms with Gasteiger partial charge in [-0.3, -0.25) is 4.98 Å². The third-order valence-corrected chi connectivity index (χ3v) is 4.19. The van der Waals surface area contributed by atoms with Crippen LogP contribution in [0.5, 0.6) is 0 Å². The molecule has 104 valence electrons. The monoisotopic (exact) mass is 280 g/mol. The first-order chi connectivity index (χ1) is 10.3. The highest BCUT2D eigenvalue weighted by Crippen LogP contribution is 2.57. The quantitative estimate of drug-likeness (QED) is 0.748. The number of hydrogen-bond acceptors (Lipinski definition) is 4. The Morgan fingerprint density at radius 3 is 2.95 bits per heavy atom. The van der Waals surface area contributed by atoms with Crippen LogP contribution < -0.4 is 4.90 Å². The van der Waals surface area contributed by atoms with Gasteiger partial charge in [-0.15, -0.1) is 0 Å². The predicted molar refractivity (Wildman–Crippen MR) is 75.9 cm³/mol. The summed E-state index contributed by atoms with van der Waals surface area (Å²) < 4.78 is 13.3. The summed E-state index contributed by atoms with van der Waals surface area (Å²) in [7, 11) is 0. The number of anilines is 1. The molecule has 2 aromatic rings. The van der Waals surface area contributed by atoms with E-state index < -0.39 is 0 Å². The fraction of sp³-hybridized carbons (Fsp3) is 0.312. The lowest BCUT2D eigenvalue weighted by Crippen LogP contribution is -2.24. The second kappa shape index (κ2) is 4.52. The maximum Gasteiger partial charge on any atom is 0.204 e. The molecule has 1 aliphatic carbocycles. The molecule has 1 aliphatic heterocycles. The number of fused-ring (bicyclic) bond motifs is 1. The van der Waals surface area contributed by atoms with Crippen LogP contribution in [0.4, 0.5) is 10.1 Å². The van der Waals surface area contributed by atoms with E-state index in [1.165, 1.54) is 12.3 Å². The van der Waals surface area contributed by atoms with Gasteiger partial charge < -0.3 is 4.90 Å². The lowest BCUT2D eigenvalue weighted by Gasteiger charge is -2.20. The van der Waals surface area contributed by atoms with E-state index in [0.29, 0.717) is 11.7 Å². The van der Waals surface area contributed by atoms with E-state index in [1.807, 2.05) is 0 Å². The summed E-state index contributed by atoms with van der Waals surface area (Å²) >= 11 is 0. The fourth-order valence-corrected chi connectivity index (χ4v) is 2.99. The van der Waals surface area contributed by atoms with Crippen LogP contribution in [0.25, 0.3) is 0 Å². The highest BCUT2D eigenvalue weighted by molar-refractivity contribution is 5.50. The van der Waals surface area contributed by atoms with Gasteiger partial charge in [0.05, 0.1) is 23.5 Å². The Labute approximate surface area is 122 Å². The van der Waals surface area contributed by atoms with Crippen molar-refractivity contribution in [2.24, 2.45) is 11.3 Å². The Morgan fingerprint density at radius 2 is 2.14 bits per heavy atom. The number of pyridine rings is 1. The first-order valence-corrected chi connectivity index (χ1v) is 6.91. The molecule has 2 unspecified atom stereocenters. The molecule has 0 N–H and O–H groups in total. The van der Waals surface area contributed by atoms with Crippen LogP contribution in [0, 0.1) is 29.0 Å². The largest absolute Gasteiger partial charge is 0.368 e. The van der Waals surface area contributed by atoms with Gasteiger partial charge >= 0.3 is 0 Å². The Bertz CT molecular complexity index is 737. The van der Waals surface area contributed by atoms with Crippen LogP contribution in [0.1, 0.15) is 12.2 Å². The number of hydrogen-bond donors (Lipinski definition) is 0. The number of nitrogens with zero attached hydrogens (tertiary/aromatic N) is 4. The molecule has 4 rings (SSSR count). The summed E-state index contributed by atoms with van der Waals surface area (Å²) in [5.74, 6) is 7.21. The van der Waals surface area contributed by atoms with Crippen molar-refractivity contribution < 1.29 is 4.39 Å². The Kier molecular flexibility index (Phi) is 2.64. The summed E-state index contributed by atoms with van der Waals surface area (Å²) in [4.78, 5) is 14.3. The summed E-state index contributed by atoms with van der Waals surface area (Å²) in [6.45, 7) is 1.73. The van der Waals surface area contributed by atoms with Crippen molar-refractivity contribution in [1.29, 1.82) is 0 Å². The lowest BCUT2D eigenvalue weighted by atomic mass is 10.1. The highest BCUT2D eigenvalue weighted by atomic mass is 19.1. The third-order valence-electron chi connectivity index (χ3n) is 4.19. The first kappa shape index (κ1) is 12.3. The van der Waals surface area contributed by atoms with Crippen LogP contribution in [-0.4, -0.2) is 28.0 Å². The first-order valence-electron chi connectivity index (χ1n) is 6.91. The zero-order valence-electron chi connectivity index (χ0n) is 11.3. The minimum absolute atomic E-state index is 0.0194. The van der Waals surface area contributed by atoms with Crippen molar-refractivity contribution in [1.82, 2.24) is 15.0 Å². The lowest BCUT2D eigenvalue weighted by molar-refractivity contribution is 0.619.